The molecule has 2 aromatic rings. The fraction of sp³-hybridized carbons (Fsp3) is 0.421. The second-order valence-electron chi connectivity index (χ2n) is 6.67. The number of nitrogens with zero attached hydrogens (tertiary/aromatic N) is 3. The van der Waals surface area contributed by atoms with Crippen LogP contribution in [0.3, 0.4) is 0 Å². The van der Waals surface area contributed by atoms with Crippen LogP contribution >= 0.6 is 0 Å². The summed E-state index contributed by atoms with van der Waals surface area (Å²) < 4.78 is 2.39. The van der Waals surface area contributed by atoms with Crippen LogP contribution in [0.15, 0.2) is 42.7 Å². The van der Waals surface area contributed by atoms with Gasteiger partial charge >= 0.3 is 0 Å². The van der Waals surface area contributed by atoms with Crippen LogP contribution in [0.25, 0.3) is 10.9 Å². The van der Waals surface area contributed by atoms with Crippen LogP contribution in [0, 0.1) is 0 Å². The maximum atomic E-state index is 11.5. The van der Waals surface area contributed by atoms with Gasteiger partial charge in [0.1, 0.15) is 0 Å². The minimum absolute atomic E-state index is 0.193. The molecule has 0 bridgehead atoms. The Kier molecular flexibility index (Phi) is 4.02. The standard InChI is InChI=1S/C19H24N4O/c1-15(24)21-10-6-17(7-11-21)23-12-5-16-13-18(3-4-19(16)23)22-9-2-8-20-14-22/h2-5,9,12-13,17,20H,6-8,10-11,14H2,1H3. The molecule has 1 aromatic heterocycles. The van der Waals surface area contributed by atoms with E-state index in [-0.39, 0.29) is 5.91 Å². The number of rotatable bonds is 2. The molecule has 1 saturated heterocycles. The number of likely N-dealkylation sites (tertiary alicyclic amines) is 1. The summed E-state index contributed by atoms with van der Waals surface area (Å²) in [5, 5.41) is 4.63. The Labute approximate surface area is 142 Å². The van der Waals surface area contributed by atoms with E-state index in [1.807, 2.05) is 4.90 Å². The number of carbonyl (C=O) groups is 1. The van der Waals surface area contributed by atoms with Crippen LogP contribution in [0.1, 0.15) is 25.8 Å². The fourth-order valence-electron chi connectivity index (χ4n) is 3.79. The van der Waals surface area contributed by atoms with Gasteiger partial charge in [-0.1, -0.05) is 6.08 Å². The van der Waals surface area contributed by atoms with Crippen LogP contribution in [0.5, 0.6) is 0 Å². The van der Waals surface area contributed by atoms with Crippen molar-refractivity contribution in [2.45, 2.75) is 25.8 Å². The molecular weight excluding hydrogens is 300 g/mol. The van der Waals surface area contributed by atoms with Gasteiger partial charge in [0, 0.05) is 61.6 Å². The SMILES string of the molecule is CC(=O)N1CCC(n2ccc3cc(N4C=CCNC4)ccc32)CC1. The molecule has 24 heavy (non-hydrogen) atoms. The second kappa shape index (κ2) is 6.32. The van der Waals surface area contributed by atoms with Crippen molar-refractivity contribution >= 4 is 22.5 Å². The summed E-state index contributed by atoms with van der Waals surface area (Å²) in [4.78, 5) is 15.7. The predicted molar refractivity (Wildman–Crippen MR) is 97.0 cm³/mol. The molecular formula is C19H24N4O. The third kappa shape index (κ3) is 2.80. The number of piperidine rings is 1. The van der Waals surface area contributed by atoms with Crippen molar-refractivity contribution in [1.29, 1.82) is 0 Å². The van der Waals surface area contributed by atoms with Gasteiger partial charge < -0.3 is 14.4 Å². The summed E-state index contributed by atoms with van der Waals surface area (Å²) in [5.41, 5.74) is 2.50. The molecule has 0 atom stereocenters. The van der Waals surface area contributed by atoms with E-state index in [1.165, 1.54) is 16.6 Å². The lowest BCUT2D eigenvalue weighted by molar-refractivity contribution is -0.130. The largest absolute Gasteiger partial charge is 0.344 e. The first-order chi connectivity index (χ1) is 11.7. The first-order valence-electron chi connectivity index (χ1n) is 8.72. The molecule has 0 unspecified atom stereocenters. The van der Waals surface area contributed by atoms with Gasteiger partial charge in [0.15, 0.2) is 0 Å². The summed E-state index contributed by atoms with van der Waals surface area (Å²) in [7, 11) is 0. The molecule has 4 rings (SSSR count). The van der Waals surface area contributed by atoms with Crippen LogP contribution in [0.4, 0.5) is 5.69 Å². The Hall–Kier alpha value is -2.27. The first kappa shape index (κ1) is 15.3. The summed E-state index contributed by atoms with van der Waals surface area (Å²) in [6.45, 7) is 5.18. The highest BCUT2D eigenvalue weighted by Crippen LogP contribution is 2.30. The third-order valence-corrected chi connectivity index (χ3v) is 5.17. The van der Waals surface area contributed by atoms with Crippen LogP contribution < -0.4 is 10.2 Å². The van der Waals surface area contributed by atoms with Crippen molar-refractivity contribution < 1.29 is 4.79 Å². The lowest BCUT2D eigenvalue weighted by atomic mass is 10.0. The predicted octanol–water partition coefficient (Wildman–Crippen LogP) is 2.71. The molecule has 0 saturated carbocycles. The Morgan fingerprint density at radius 1 is 1.21 bits per heavy atom. The fourth-order valence-corrected chi connectivity index (χ4v) is 3.79. The van der Waals surface area contributed by atoms with E-state index in [9.17, 15) is 4.79 Å². The van der Waals surface area contributed by atoms with Gasteiger partial charge in [0.05, 0.1) is 6.67 Å². The van der Waals surface area contributed by atoms with E-state index in [4.69, 9.17) is 0 Å². The van der Waals surface area contributed by atoms with Gasteiger partial charge in [-0.2, -0.15) is 0 Å². The summed E-state index contributed by atoms with van der Waals surface area (Å²) in [6.07, 6.45) is 8.55. The minimum atomic E-state index is 0.193. The lowest BCUT2D eigenvalue weighted by Gasteiger charge is -2.32. The molecule has 0 radical (unpaired) electrons. The smallest absolute Gasteiger partial charge is 0.219 e. The molecule has 126 valence electrons. The van der Waals surface area contributed by atoms with Crippen molar-refractivity contribution in [3.05, 3.63) is 42.7 Å². The van der Waals surface area contributed by atoms with E-state index in [2.05, 4.69) is 57.5 Å². The van der Waals surface area contributed by atoms with Crippen LogP contribution in [-0.4, -0.2) is 41.7 Å². The second-order valence-corrected chi connectivity index (χ2v) is 6.67. The van der Waals surface area contributed by atoms with E-state index >= 15 is 0 Å². The number of nitrogens with one attached hydrogen (secondary N) is 1. The van der Waals surface area contributed by atoms with Gasteiger partial charge in [-0.25, -0.2) is 0 Å². The van der Waals surface area contributed by atoms with E-state index in [1.54, 1.807) is 6.92 Å². The number of carbonyl (C=O) groups excluding carboxylic acids is 1. The van der Waals surface area contributed by atoms with Crippen molar-refractivity contribution in [2.24, 2.45) is 0 Å². The maximum Gasteiger partial charge on any atom is 0.219 e. The highest BCUT2D eigenvalue weighted by molar-refractivity contribution is 5.84. The zero-order valence-corrected chi connectivity index (χ0v) is 14.1. The molecule has 2 aliphatic rings. The average Bonchev–Trinajstić information content (AvgIpc) is 3.05. The molecule has 5 heteroatoms. The molecule has 1 N–H and O–H groups in total. The number of hydrogen-bond donors (Lipinski definition) is 1. The lowest BCUT2D eigenvalue weighted by Crippen LogP contribution is -2.37. The number of amides is 1. The van der Waals surface area contributed by atoms with Crippen molar-refractivity contribution in [2.75, 3.05) is 31.2 Å². The summed E-state index contributed by atoms with van der Waals surface area (Å²) >= 11 is 0. The molecule has 0 spiro atoms. The normalized spacial score (nSPS) is 19.2. The van der Waals surface area contributed by atoms with Crippen LogP contribution in [0.2, 0.25) is 0 Å². The molecule has 5 nitrogen and oxygen atoms in total. The number of aromatic nitrogens is 1. The molecule has 1 fully saturated rings. The molecule has 0 aliphatic carbocycles. The highest BCUT2D eigenvalue weighted by Gasteiger charge is 2.22. The molecule has 3 heterocycles. The number of fused-ring (bicyclic) bond motifs is 1. The van der Waals surface area contributed by atoms with Crippen molar-refractivity contribution in [3.8, 4) is 0 Å². The quantitative estimate of drug-likeness (QED) is 0.923. The minimum Gasteiger partial charge on any atom is -0.344 e. The Morgan fingerprint density at radius 2 is 2.04 bits per heavy atom. The maximum absolute atomic E-state index is 11.5. The van der Waals surface area contributed by atoms with Gasteiger partial charge in [-0.15, -0.1) is 0 Å². The number of anilines is 1. The summed E-state index contributed by atoms with van der Waals surface area (Å²) in [5.74, 6) is 0.193. The van der Waals surface area contributed by atoms with Gasteiger partial charge in [0.2, 0.25) is 5.91 Å². The topological polar surface area (TPSA) is 40.5 Å². The molecule has 1 aromatic carbocycles. The molecule has 1 amide bonds. The van der Waals surface area contributed by atoms with E-state index in [0.717, 1.165) is 39.1 Å². The van der Waals surface area contributed by atoms with Crippen LogP contribution in [-0.2, 0) is 4.79 Å². The monoisotopic (exact) mass is 324 g/mol. The highest BCUT2D eigenvalue weighted by atomic mass is 16.2. The number of hydrogen-bond acceptors (Lipinski definition) is 3. The van der Waals surface area contributed by atoms with Gasteiger partial charge in [0.25, 0.3) is 0 Å². The third-order valence-electron chi connectivity index (χ3n) is 5.17. The average molecular weight is 324 g/mol. The first-order valence-corrected chi connectivity index (χ1v) is 8.72. The van der Waals surface area contributed by atoms with Crippen molar-refractivity contribution in [3.63, 3.8) is 0 Å². The summed E-state index contributed by atoms with van der Waals surface area (Å²) in [6, 6.07) is 9.37. The Bertz CT molecular complexity index is 771. The van der Waals surface area contributed by atoms with Gasteiger partial charge in [-0.05, 0) is 37.1 Å². The molecule has 2 aliphatic heterocycles. The van der Waals surface area contributed by atoms with E-state index in [0.29, 0.717) is 6.04 Å². The Morgan fingerprint density at radius 3 is 2.75 bits per heavy atom. The van der Waals surface area contributed by atoms with E-state index < -0.39 is 0 Å². The zero-order valence-electron chi connectivity index (χ0n) is 14.1. The zero-order chi connectivity index (χ0) is 16.5. The van der Waals surface area contributed by atoms with Crippen molar-refractivity contribution in [1.82, 2.24) is 14.8 Å². The number of benzene rings is 1. The van der Waals surface area contributed by atoms with Gasteiger partial charge in [-0.3, -0.25) is 10.1 Å². The Balaban J connectivity index is 1.56.